The average molecular weight is 255 g/mol. The van der Waals surface area contributed by atoms with E-state index in [2.05, 4.69) is 5.32 Å². The summed E-state index contributed by atoms with van der Waals surface area (Å²) < 4.78 is 13.7. The van der Waals surface area contributed by atoms with E-state index in [0.29, 0.717) is 11.1 Å². The maximum atomic E-state index is 13.7. The fourth-order valence-electron chi connectivity index (χ4n) is 1.78. The third-order valence-corrected chi connectivity index (χ3v) is 2.76. The Bertz CT molecular complexity index is 605. The number of hydrogen-bond donors (Lipinski definition) is 1. The van der Waals surface area contributed by atoms with Crippen LogP contribution in [0.25, 0.3) is 11.6 Å². The summed E-state index contributed by atoms with van der Waals surface area (Å²) in [7, 11) is 1.56. The summed E-state index contributed by atoms with van der Waals surface area (Å²) in [5, 5.41) is 2.57. The third-order valence-electron chi connectivity index (χ3n) is 2.76. The van der Waals surface area contributed by atoms with E-state index in [1.54, 1.807) is 31.3 Å². The molecule has 3 heteroatoms. The van der Waals surface area contributed by atoms with Gasteiger partial charge in [0.2, 0.25) is 0 Å². The normalized spacial score (nSPS) is 11.2. The van der Waals surface area contributed by atoms with Gasteiger partial charge in [0.15, 0.2) is 0 Å². The second kappa shape index (κ2) is 5.96. The molecule has 2 aromatic carbocycles. The Labute approximate surface area is 111 Å². The van der Waals surface area contributed by atoms with Crippen molar-refractivity contribution in [3.8, 4) is 0 Å². The van der Waals surface area contributed by atoms with Gasteiger partial charge in [-0.15, -0.1) is 0 Å². The van der Waals surface area contributed by atoms with Gasteiger partial charge in [0, 0.05) is 18.2 Å². The van der Waals surface area contributed by atoms with Gasteiger partial charge < -0.3 is 5.32 Å². The quantitative estimate of drug-likeness (QED) is 0.662. The Morgan fingerprint density at radius 2 is 1.68 bits per heavy atom. The van der Waals surface area contributed by atoms with Crippen molar-refractivity contribution in [3.63, 3.8) is 0 Å². The topological polar surface area (TPSA) is 29.1 Å². The molecule has 0 bridgehead atoms. The minimum absolute atomic E-state index is 0.241. The monoisotopic (exact) mass is 255 g/mol. The Morgan fingerprint density at radius 3 is 2.32 bits per heavy atom. The molecule has 0 aliphatic rings. The van der Waals surface area contributed by atoms with Crippen LogP contribution in [0.3, 0.4) is 0 Å². The number of rotatable bonds is 3. The maximum Gasteiger partial charge on any atom is 0.251 e. The van der Waals surface area contributed by atoms with Gasteiger partial charge in [0.25, 0.3) is 5.91 Å². The SMILES string of the molecule is CNC(=O)/C(=C/c1ccccc1F)c1ccccc1. The van der Waals surface area contributed by atoms with Crippen LogP contribution in [0.5, 0.6) is 0 Å². The lowest BCUT2D eigenvalue weighted by Gasteiger charge is -2.07. The number of halogens is 1. The molecule has 0 aliphatic carbocycles. The molecule has 96 valence electrons. The molecule has 19 heavy (non-hydrogen) atoms. The molecule has 0 radical (unpaired) electrons. The number of benzene rings is 2. The first-order valence-electron chi connectivity index (χ1n) is 5.96. The lowest BCUT2D eigenvalue weighted by atomic mass is 10.0. The summed E-state index contributed by atoms with van der Waals surface area (Å²) >= 11 is 0. The number of nitrogens with one attached hydrogen (secondary N) is 1. The second-order valence-corrected chi connectivity index (χ2v) is 4.02. The summed E-state index contributed by atoms with van der Waals surface area (Å²) in [6, 6.07) is 15.6. The van der Waals surface area contributed by atoms with Crippen LogP contribution in [0, 0.1) is 5.82 Å². The van der Waals surface area contributed by atoms with Gasteiger partial charge >= 0.3 is 0 Å². The van der Waals surface area contributed by atoms with E-state index in [9.17, 15) is 9.18 Å². The lowest BCUT2D eigenvalue weighted by Crippen LogP contribution is -2.19. The minimum Gasteiger partial charge on any atom is -0.355 e. The highest BCUT2D eigenvalue weighted by Gasteiger charge is 2.11. The van der Waals surface area contributed by atoms with Crippen molar-refractivity contribution in [2.45, 2.75) is 0 Å². The van der Waals surface area contributed by atoms with Gasteiger partial charge in [0.05, 0.1) is 0 Å². The molecule has 0 saturated carbocycles. The zero-order valence-corrected chi connectivity index (χ0v) is 10.6. The zero-order valence-electron chi connectivity index (χ0n) is 10.6. The Balaban J connectivity index is 2.51. The highest BCUT2D eigenvalue weighted by molar-refractivity contribution is 6.24. The van der Waals surface area contributed by atoms with Gasteiger partial charge in [-0.3, -0.25) is 4.79 Å². The van der Waals surface area contributed by atoms with E-state index in [1.807, 2.05) is 30.3 Å². The van der Waals surface area contributed by atoms with Crippen LogP contribution in [0.15, 0.2) is 54.6 Å². The van der Waals surface area contributed by atoms with Crippen molar-refractivity contribution >= 4 is 17.6 Å². The highest BCUT2D eigenvalue weighted by Crippen LogP contribution is 2.19. The first kappa shape index (κ1) is 13.0. The molecular formula is C16H14FNO. The first-order valence-corrected chi connectivity index (χ1v) is 5.96. The lowest BCUT2D eigenvalue weighted by molar-refractivity contribution is -0.115. The maximum absolute atomic E-state index is 13.7. The van der Waals surface area contributed by atoms with E-state index < -0.39 is 0 Å². The molecule has 2 rings (SSSR count). The third kappa shape index (κ3) is 3.07. The number of amides is 1. The molecule has 0 atom stereocenters. The van der Waals surface area contributed by atoms with Crippen molar-refractivity contribution in [3.05, 3.63) is 71.5 Å². The van der Waals surface area contributed by atoms with Crippen LogP contribution >= 0.6 is 0 Å². The number of carbonyl (C=O) groups is 1. The van der Waals surface area contributed by atoms with Crippen molar-refractivity contribution in [2.24, 2.45) is 0 Å². The Hall–Kier alpha value is -2.42. The van der Waals surface area contributed by atoms with Crippen molar-refractivity contribution in [1.82, 2.24) is 5.32 Å². The molecule has 0 unspecified atom stereocenters. The first-order chi connectivity index (χ1) is 9.22. The molecule has 0 saturated heterocycles. The minimum atomic E-state index is -0.347. The van der Waals surface area contributed by atoms with Crippen LogP contribution in [0.4, 0.5) is 4.39 Å². The van der Waals surface area contributed by atoms with Crippen molar-refractivity contribution in [2.75, 3.05) is 7.05 Å². The van der Waals surface area contributed by atoms with E-state index in [4.69, 9.17) is 0 Å². The van der Waals surface area contributed by atoms with E-state index in [0.717, 1.165) is 5.56 Å². The smallest absolute Gasteiger partial charge is 0.251 e. The fourth-order valence-corrected chi connectivity index (χ4v) is 1.78. The largest absolute Gasteiger partial charge is 0.355 e. The Morgan fingerprint density at radius 1 is 1.05 bits per heavy atom. The second-order valence-electron chi connectivity index (χ2n) is 4.02. The van der Waals surface area contributed by atoms with Gasteiger partial charge in [-0.05, 0) is 17.7 Å². The predicted molar refractivity (Wildman–Crippen MR) is 74.8 cm³/mol. The molecule has 0 spiro atoms. The molecular weight excluding hydrogens is 241 g/mol. The van der Waals surface area contributed by atoms with Gasteiger partial charge in [-0.1, -0.05) is 48.5 Å². The summed E-state index contributed by atoms with van der Waals surface area (Å²) in [5.74, 6) is -0.589. The van der Waals surface area contributed by atoms with Crippen molar-refractivity contribution in [1.29, 1.82) is 0 Å². The summed E-state index contributed by atoms with van der Waals surface area (Å²) in [6.45, 7) is 0. The molecule has 2 aromatic rings. The Kier molecular flexibility index (Phi) is 4.08. The van der Waals surface area contributed by atoms with Crippen LogP contribution in [0.1, 0.15) is 11.1 Å². The molecule has 1 amide bonds. The van der Waals surface area contributed by atoms with E-state index in [-0.39, 0.29) is 11.7 Å². The summed E-state index contributed by atoms with van der Waals surface area (Å²) in [5.41, 5.74) is 1.59. The summed E-state index contributed by atoms with van der Waals surface area (Å²) in [4.78, 5) is 11.9. The van der Waals surface area contributed by atoms with Crippen LogP contribution in [-0.2, 0) is 4.79 Å². The average Bonchev–Trinajstić information content (AvgIpc) is 2.46. The fraction of sp³-hybridized carbons (Fsp3) is 0.0625. The van der Waals surface area contributed by atoms with Gasteiger partial charge in [-0.2, -0.15) is 0 Å². The number of hydrogen-bond acceptors (Lipinski definition) is 1. The molecule has 1 N–H and O–H groups in total. The number of likely N-dealkylation sites (N-methyl/N-ethyl adjacent to an activating group) is 1. The highest BCUT2D eigenvalue weighted by atomic mass is 19.1. The van der Waals surface area contributed by atoms with E-state index in [1.165, 1.54) is 6.07 Å². The van der Waals surface area contributed by atoms with Gasteiger partial charge in [-0.25, -0.2) is 4.39 Å². The standard InChI is InChI=1S/C16H14FNO/c1-18-16(19)14(12-7-3-2-4-8-12)11-13-9-5-6-10-15(13)17/h2-11H,1H3,(H,18,19)/b14-11+. The van der Waals surface area contributed by atoms with Crippen molar-refractivity contribution < 1.29 is 9.18 Å². The van der Waals surface area contributed by atoms with Crippen LogP contribution in [-0.4, -0.2) is 13.0 Å². The summed E-state index contributed by atoms with van der Waals surface area (Å²) in [6.07, 6.45) is 1.56. The molecule has 0 aromatic heterocycles. The van der Waals surface area contributed by atoms with Crippen LogP contribution in [0.2, 0.25) is 0 Å². The number of carbonyl (C=O) groups excluding carboxylic acids is 1. The van der Waals surface area contributed by atoms with Crippen LogP contribution < -0.4 is 5.32 Å². The molecule has 0 aliphatic heterocycles. The molecule has 2 nitrogen and oxygen atoms in total. The van der Waals surface area contributed by atoms with E-state index >= 15 is 0 Å². The molecule has 0 heterocycles. The molecule has 0 fully saturated rings. The zero-order chi connectivity index (χ0) is 13.7. The van der Waals surface area contributed by atoms with Gasteiger partial charge in [0.1, 0.15) is 5.82 Å². The predicted octanol–water partition coefficient (Wildman–Crippen LogP) is 3.11.